The Morgan fingerprint density at radius 1 is 0.467 bits per heavy atom. The Morgan fingerprint density at radius 3 is 1.20 bits per heavy atom. The van der Waals surface area contributed by atoms with Gasteiger partial charge in [0.25, 0.3) is 22.2 Å². The smallest absolute Gasteiger partial charge is 0.350 e. The Morgan fingerprint density at radius 2 is 0.813 bits per heavy atom. The molecule has 5 fully saturated rings. The van der Waals surface area contributed by atoms with E-state index >= 15 is 0 Å². The van der Waals surface area contributed by atoms with Gasteiger partial charge in [0.15, 0.2) is 53.5 Å². The lowest BCUT2D eigenvalue weighted by Gasteiger charge is -2.27. The molecule has 42 nitrogen and oxygen atoms in total. The van der Waals surface area contributed by atoms with Crippen molar-refractivity contribution in [3.63, 3.8) is 0 Å². The number of aryl methyl sites for hydroxylation is 1. The summed E-state index contributed by atoms with van der Waals surface area (Å²) in [5.74, 6) is 17.5. The second-order valence-electron chi connectivity index (χ2n) is 21.6. The van der Waals surface area contributed by atoms with Crippen LogP contribution >= 0.6 is 0 Å². The van der Waals surface area contributed by atoms with Gasteiger partial charge in [-0.2, -0.15) is 19.2 Å². The average Bonchev–Trinajstić information content (AvgIpc) is 1.61. The van der Waals surface area contributed by atoms with Crippen LogP contribution < -0.4 is 56.4 Å². The van der Waals surface area contributed by atoms with Gasteiger partial charge in [0.05, 0.1) is 52.7 Å². The molecule has 0 aromatic carbocycles. The lowest BCUT2D eigenvalue weighted by molar-refractivity contribution is -0.0838. The third kappa shape index (κ3) is 18.1. The third-order valence-corrected chi connectivity index (χ3v) is 15.0. The maximum Gasteiger partial charge on any atom is 0.350 e. The summed E-state index contributed by atoms with van der Waals surface area (Å²) in [5, 5.41) is 153. The number of aliphatic hydroxyl groups excluding tert-OH is 5. The van der Waals surface area contributed by atoms with Crippen molar-refractivity contribution in [3.05, 3.63) is 153 Å². The first-order valence-electron chi connectivity index (χ1n) is 34.1. The molecule has 20 N–H and O–H groups in total. The maximum atomic E-state index is 13.4. The summed E-state index contributed by atoms with van der Waals surface area (Å²) in [4.78, 5) is 127. The molecule has 5 aliphatic heterocycles. The number of aromatic amines is 5. The fraction of sp³-hybridized carbons (Fsp3) is 0.525. The molecule has 5 aromatic rings. The fourth-order valence-corrected chi connectivity index (χ4v) is 10.1. The number of hydrogen-bond acceptors (Lipinski definition) is 32. The zero-order chi connectivity index (χ0) is 88.8. The average molecular weight is 1550 g/mol. The predicted octanol–water partition coefficient (Wildman–Crippen LogP) is -13.3. The van der Waals surface area contributed by atoms with Crippen LogP contribution in [0.2, 0.25) is 0 Å². The first-order valence-corrected chi connectivity index (χ1v) is 29.1. The van der Waals surface area contributed by atoms with Crippen molar-refractivity contribution in [3.8, 4) is 59.2 Å². The Hall–Kier alpha value is -10.2. The summed E-state index contributed by atoms with van der Waals surface area (Å²) in [7, 11) is 0. The van der Waals surface area contributed by atoms with Crippen LogP contribution in [0, 0.1) is 71.9 Å². The van der Waals surface area contributed by atoms with Crippen LogP contribution in [0.3, 0.4) is 0 Å². The molecule has 0 aliphatic carbocycles. The van der Waals surface area contributed by atoms with Crippen LogP contribution in [-0.4, -0.2) is 290 Å². The summed E-state index contributed by atoms with van der Waals surface area (Å²) >= 11 is 0. The molecule has 5 aromatic heterocycles. The topological polar surface area (TPSA) is 650 Å². The van der Waals surface area contributed by atoms with E-state index in [0.717, 1.165) is 22.9 Å². The van der Waals surface area contributed by atoms with E-state index in [4.69, 9.17) is 37.4 Å². The van der Waals surface area contributed by atoms with Crippen molar-refractivity contribution in [1.29, 1.82) is 0 Å². The second-order valence-corrected chi connectivity index (χ2v) is 21.6. The molecule has 5 saturated heterocycles. The second kappa shape index (κ2) is 36.4. The number of aromatic nitrogens is 12. The largest absolute Gasteiger partial charge is 0.394 e. The molecular formula is C59H64F6N12O30. The van der Waals surface area contributed by atoms with Gasteiger partial charge in [0.1, 0.15) is 107 Å². The van der Waals surface area contributed by atoms with Crippen LogP contribution in [-0.2, 0) is 23.7 Å². The van der Waals surface area contributed by atoms with Gasteiger partial charge in [0.2, 0.25) is 11.4 Å². The van der Waals surface area contributed by atoms with Crippen LogP contribution in [0.1, 0.15) is 50.5 Å². The van der Waals surface area contributed by atoms with Gasteiger partial charge in [-0.3, -0.25) is 62.4 Å². The molecule has 20 atom stereocenters. The summed E-state index contributed by atoms with van der Waals surface area (Å²) in [6.45, 7) is -20.2. The molecule has 107 heavy (non-hydrogen) atoms. The monoisotopic (exact) mass is 1540 g/mol. The molecule has 10 rings (SSSR count). The molecule has 5 unspecified atom stereocenters. The van der Waals surface area contributed by atoms with Crippen molar-refractivity contribution < 1.29 is 140 Å². The van der Waals surface area contributed by atoms with Gasteiger partial charge in [-0.1, -0.05) is 59.2 Å². The molecule has 5 aliphatic rings. The summed E-state index contributed by atoms with van der Waals surface area (Å²) in [6, 6.07) is 1.92. The summed E-state index contributed by atoms with van der Waals surface area (Å²) in [6.07, 6.45) is -27.4. The first kappa shape index (κ1) is 71.1. The van der Waals surface area contributed by atoms with Gasteiger partial charge in [-0.05, 0) is 6.92 Å². The Bertz CT molecular complexity index is 5140. The van der Waals surface area contributed by atoms with Crippen molar-refractivity contribution >= 4 is 0 Å². The lowest BCUT2D eigenvalue weighted by atomic mass is 9.94. The van der Waals surface area contributed by atoms with Gasteiger partial charge in [-0.25, -0.2) is 50.7 Å². The molecule has 0 spiro atoms. The van der Waals surface area contributed by atoms with Crippen molar-refractivity contribution in [2.24, 2.45) is 0 Å². The van der Waals surface area contributed by atoms with E-state index in [1.807, 2.05) is 68.2 Å². The number of H-pyrrole nitrogens is 5. The molecule has 0 radical (unpaired) electrons. The van der Waals surface area contributed by atoms with Gasteiger partial charge >= 0.3 is 34.1 Å². The molecular weight excluding hydrogens is 1470 g/mol. The van der Waals surface area contributed by atoms with E-state index in [2.05, 4.69) is 10.1 Å². The van der Waals surface area contributed by atoms with Crippen LogP contribution in [0.15, 0.2) is 85.0 Å². The minimum atomic E-state index is -3.18. The van der Waals surface area contributed by atoms with E-state index in [-0.39, 0.29) is 5.69 Å². The quantitative estimate of drug-likeness (QED) is 0.0456. The molecule has 0 saturated carbocycles. The van der Waals surface area contributed by atoms with E-state index in [9.17, 15) is 151 Å². The van der Waals surface area contributed by atoms with E-state index < -0.39 is 249 Å². The lowest BCUT2D eigenvalue weighted by Crippen LogP contribution is -2.49. The molecule has 0 amide bonds. The van der Waals surface area contributed by atoms with Crippen molar-refractivity contribution in [2.75, 3.05) is 66.2 Å². The number of rotatable bonds is 10. The van der Waals surface area contributed by atoms with Gasteiger partial charge in [0, 0.05) is 24.0 Å². The number of aliphatic hydroxyl groups is 15. The summed E-state index contributed by atoms with van der Waals surface area (Å²) < 4.78 is 175. The first-order chi connectivity index (χ1) is 53.9. The van der Waals surface area contributed by atoms with Crippen LogP contribution in [0.5, 0.6) is 0 Å². The number of halogens is 6. The van der Waals surface area contributed by atoms with E-state index in [0.29, 0.717) is 37.1 Å². The van der Waals surface area contributed by atoms with Crippen molar-refractivity contribution in [1.82, 2.24) is 58.0 Å². The van der Waals surface area contributed by atoms with Crippen LogP contribution in [0.25, 0.3) is 0 Å². The van der Waals surface area contributed by atoms with Gasteiger partial charge < -0.3 is 100 Å². The Balaban J connectivity index is 0.000000227. The number of ether oxygens (including phenoxy) is 5. The third-order valence-electron chi connectivity index (χ3n) is 15.0. The zero-order valence-electron chi connectivity index (χ0n) is 63.4. The van der Waals surface area contributed by atoms with Gasteiger partial charge in [-0.15, -0.1) is 0 Å². The highest BCUT2D eigenvalue weighted by molar-refractivity contribution is 5.27. The predicted molar refractivity (Wildman–Crippen MR) is 335 cm³/mol. The standard InChI is InChI=1S/C13H15FN2O6.C12H12F2N2O6.C12H13FN2O6.2C11H12FN3O6/c1-7-5-9(18)15-12(20)16(7)11-13(21,3-2-4-14)10(19)8(6-17)22-11;13-3-1-2-12(21)8(18)7(5-17)22-10(12)16-4-6(14)9(19)15-11(16)20;13-4-1-3-12(20)9(18)7(6-16)21-10(12)15-5-2-8(17)14-11(15)19;12-3-1-2-11(20)8(18)6(5-16)21-9(11)15-10(19)14-7(17)4-13-15;12-3-1-2-11(20)7(17)6(4-16)21-8(11)15-5-13-9(18)14-10(15)19/h5,8,10-11,17,19,21H,4,6H2,1H3,(H,15,18,20);4,7-8,10,17-18,21H,3,5H2,(H,15,19,20);2,5,7,9-10,16,18,20H,4,6H2,(H,14,17,19);4,6,8-9,16,18,20H,3,5H2,(H,14,17,19);5-8,16-17,20H,3-4H2,(H,14,18,19)/t8-,10+,11-,13?;7-,8+,10-,12?;7-,9+,10-,12?;6-,8+,9-,11?;6-,7+,8-,11?/m11111/s1/i6D2;5D2;6D2;5D2;4D2. The Labute approximate surface area is 602 Å². The Kier molecular flexibility index (Phi) is 24.2. The molecule has 48 heteroatoms. The SMILES string of the molecule is [2H]C([2H])(O)[C@H]1O[C@@H](n2c(C)cc(=O)[nH]c2=O)C(O)(C#CCF)[C@H]1O.[2H]C([2H])(O)[C@H]1O[C@@H](n2cc(F)c(=O)[nH]c2=O)C(O)(C#CCF)[C@H]1O.[2H]C([2H])(O)[C@H]1O[C@@H](n2ccc(=O)[nH]c2=O)C(O)(C#CCF)[C@H]1O.[2H]C([2H])(O)[C@H]1O[C@@H](n2cnc(=O)[nH]c2=O)C(O)(C#CCF)[C@H]1O.[2H]C([2H])(O)[C@H]1O[C@@H](n2ncc(=O)[nH]c2=O)C(O)(C#CCF)[C@H]1O. The minimum absolute atomic E-state index is 0.0144. The van der Waals surface area contributed by atoms with Crippen LogP contribution in [0.4, 0.5) is 26.3 Å². The maximum absolute atomic E-state index is 13.4. The highest BCUT2D eigenvalue weighted by Gasteiger charge is 2.60. The number of hydrogen-bond donors (Lipinski definition) is 20. The fourth-order valence-electron chi connectivity index (χ4n) is 10.1. The molecule has 582 valence electrons. The number of nitrogens with zero attached hydrogens (tertiary/aromatic N) is 7. The minimum Gasteiger partial charge on any atom is -0.394 e. The normalized spacial score (nSPS) is 33.4. The number of alkyl halides is 5. The molecule has 10 heterocycles. The highest BCUT2D eigenvalue weighted by Crippen LogP contribution is 2.42. The molecule has 0 bridgehead atoms. The number of nitrogens with one attached hydrogen (secondary N) is 5. The zero-order valence-corrected chi connectivity index (χ0v) is 53.4. The van der Waals surface area contributed by atoms with E-state index in [1.165, 1.54) is 6.92 Å². The van der Waals surface area contributed by atoms with E-state index in [1.54, 1.807) is 15.9 Å². The highest BCUT2D eigenvalue weighted by atomic mass is 19.1. The van der Waals surface area contributed by atoms with Crippen molar-refractivity contribution in [2.45, 2.75) is 127 Å². The summed E-state index contributed by atoms with van der Waals surface area (Å²) in [5.41, 5.74) is -23.4.